The molecule has 0 saturated carbocycles. The largest absolute Gasteiger partial charge is 0.494 e. The smallest absolute Gasteiger partial charge is 0.238 e. The Morgan fingerprint density at radius 2 is 2.11 bits per heavy atom. The van der Waals surface area contributed by atoms with Crippen LogP contribution in [0, 0.1) is 6.92 Å². The highest BCUT2D eigenvalue weighted by molar-refractivity contribution is 7.89. The van der Waals surface area contributed by atoms with Crippen molar-refractivity contribution in [2.75, 3.05) is 13.7 Å². The summed E-state index contributed by atoms with van der Waals surface area (Å²) in [6.45, 7) is 2.04. The third-order valence-electron chi connectivity index (χ3n) is 2.55. The minimum atomic E-state index is -3.70. The Bertz CT molecular complexity index is 555. The molecule has 1 amide bonds. The molecule has 0 saturated heterocycles. The molecule has 0 aliphatic rings. The molecule has 1 rings (SSSR count). The fourth-order valence-corrected chi connectivity index (χ4v) is 2.34. The molecule has 0 aliphatic heterocycles. The first-order valence-electron chi connectivity index (χ1n) is 5.81. The van der Waals surface area contributed by atoms with Gasteiger partial charge >= 0.3 is 0 Å². The number of amides is 1. The van der Waals surface area contributed by atoms with Crippen LogP contribution in [0.3, 0.4) is 0 Å². The van der Waals surface area contributed by atoms with Gasteiger partial charge in [0.05, 0.1) is 11.5 Å². The molecule has 0 fully saturated rings. The number of aryl methyl sites for hydroxylation is 1. The zero-order valence-electron chi connectivity index (χ0n) is 11.0. The first-order valence-corrected chi connectivity index (χ1v) is 7.36. The van der Waals surface area contributed by atoms with Crippen molar-refractivity contribution in [2.45, 2.75) is 24.7 Å². The highest BCUT2D eigenvalue weighted by Crippen LogP contribution is 2.20. The second-order valence-corrected chi connectivity index (χ2v) is 5.63. The van der Waals surface area contributed by atoms with Crippen molar-refractivity contribution in [1.82, 2.24) is 5.32 Å². The summed E-state index contributed by atoms with van der Waals surface area (Å²) in [7, 11) is -2.12. The Hall–Kier alpha value is -1.60. The minimum Gasteiger partial charge on any atom is -0.494 e. The molecule has 1 aromatic rings. The van der Waals surface area contributed by atoms with Crippen molar-refractivity contribution < 1.29 is 17.9 Å². The number of hydrogen-bond donors (Lipinski definition) is 2. The van der Waals surface area contributed by atoms with Gasteiger partial charge in [0.25, 0.3) is 0 Å². The van der Waals surface area contributed by atoms with Crippen molar-refractivity contribution in [1.29, 1.82) is 0 Å². The SMILES string of the molecule is CNC(=O)CCCOc1ccc(S(N)(=O)=O)c(C)c1. The second-order valence-electron chi connectivity index (χ2n) is 4.10. The van der Waals surface area contributed by atoms with Crippen LogP contribution < -0.4 is 15.2 Å². The van der Waals surface area contributed by atoms with E-state index in [9.17, 15) is 13.2 Å². The van der Waals surface area contributed by atoms with Gasteiger partial charge in [-0.15, -0.1) is 0 Å². The minimum absolute atomic E-state index is 0.0376. The molecule has 0 atom stereocenters. The Morgan fingerprint density at radius 3 is 2.63 bits per heavy atom. The summed E-state index contributed by atoms with van der Waals surface area (Å²) in [5.41, 5.74) is 0.534. The third kappa shape index (κ3) is 4.88. The number of rotatable bonds is 6. The van der Waals surface area contributed by atoms with Crippen LogP contribution in [0.1, 0.15) is 18.4 Å². The van der Waals surface area contributed by atoms with Crippen molar-refractivity contribution in [3.8, 4) is 5.75 Å². The van der Waals surface area contributed by atoms with Crippen LogP contribution in [0.15, 0.2) is 23.1 Å². The van der Waals surface area contributed by atoms with E-state index in [4.69, 9.17) is 9.88 Å². The maximum Gasteiger partial charge on any atom is 0.238 e. The maximum absolute atomic E-state index is 11.2. The number of sulfonamides is 1. The predicted molar refractivity (Wildman–Crippen MR) is 71.3 cm³/mol. The summed E-state index contributed by atoms with van der Waals surface area (Å²) in [5.74, 6) is 0.520. The van der Waals surface area contributed by atoms with Gasteiger partial charge in [-0.3, -0.25) is 4.79 Å². The molecule has 7 heteroatoms. The Kier molecular flexibility index (Phi) is 5.31. The predicted octanol–water partition coefficient (Wildman–Crippen LogP) is 0.547. The molecule has 0 radical (unpaired) electrons. The highest BCUT2D eigenvalue weighted by atomic mass is 32.2. The van der Waals surface area contributed by atoms with Gasteiger partial charge in [-0.05, 0) is 37.1 Å². The highest BCUT2D eigenvalue weighted by Gasteiger charge is 2.11. The summed E-state index contributed by atoms with van der Waals surface area (Å²) >= 11 is 0. The average Bonchev–Trinajstić information content (AvgIpc) is 2.32. The molecular weight excluding hydrogens is 268 g/mol. The second kappa shape index (κ2) is 6.53. The molecule has 6 nitrogen and oxygen atoms in total. The topological polar surface area (TPSA) is 98.5 Å². The number of primary sulfonamides is 1. The van der Waals surface area contributed by atoms with Crippen LogP contribution in [0.2, 0.25) is 0 Å². The molecule has 1 aromatic carbocycles. The van der Waals surface area contributed by atoms with E-state index in [0.717, 1.165) is 0 Å². The van der Waals surface area contributed by atoms with E-state index in [1.165, 1.54) is 6.07 Å². The number of hydrogen-bond acceptors (Lipinski definition) is 4. The molecule has 0 aliphatic carbocycles. The van der Waals surface area contributed by atoms with Crippen LogP contribution >= 0.6 is 0 Å². The first-order chi connectivity index (χ1) is 8.84. The van der Waals surface area contributed by atoms with Crippen LogP contribution in [0.4, 0.5) is 0 Å². The number of benzene rings is 1. The van der Waals surface area contributed by atoms with Gasteiger partial charge < -0.3 is 10.1 Å². The summed E-state index contributed by atoms with van der Waals surface area (Å²) in [6.07, 6.45) is 0.987. The van der Waals surface area contributed by atoms with Crippen LogP contribution in [0.25, 0.3) is 0 Å². The lowest BCUT2D eigenvalue weighted by Crippen LogP contribution is -2.18. The average molecular weight is 286 g/mol. The van der Waals surface area contributed by atoms with Gasteiger partial charge in [0, 0.05) is 13.5 Å². The lowest BCUT2D eigenvalue weighted by Gasteiger charge is -2.09. The van der Waals surface area contributed by atoms with Gasteiger partial charge in [-0.25, -0.2) is 13.6 Å². The van der Waals surface area contributed by atoms with Gasteiger partial charge in [0.2, 0.25) is 15.9 Å². The summed E-state index contributed by atoms with van der Waals surface area (Å²) in [4.78, 5) is 11.1. The number of ether oxygens (including phenoxy) is 1. The molecule has 0 heterocycles. The van der Waals surface area contributed by atoms with Crippen molar-refractivity contribution in [3.63, 3.8) is 0 Å². The lowest BCUT2D eigenvalue weighted by molar-refractivity contribution is -0.120. The van der Waals surface area contributed by atoms with Gasteiger partial charge in [0.1, 0.15) is 5.75 Å². The monoisotopic (exact) mass is 286 g/mol. The summed E-state index contributed by atoms with van der Waals surface area (Å²) in [5, 5.41) is 7.59. The number of nitrogens with one attached hydrogen (secondary N) is 1. The molecular formula is C12H18N2O4S. The van der Waals surface area contributed by atoms with Crippen molar-refractivity contribution in [3.05, 3.63) is 23.8 Å². The quantitative estimate of drug-likeness (QED) is 0.746. The molecule has 3 N–H and O–H groups in total. The summed E-state index contributed by atoms with van der Waals surface area (Å²) < 4.78 is 27.9. The molecule has 0 spiro atoms. The zero-order valence-corrected chi connectivity index (χ0v) is 11.8. The van der Waals surface area contributed by atoms with Gasteiger partial charge in [-0.2, -0.15) is 0 Å². The lowest BCUT2D eigenvalue weighted by atomic mass is 10.2. The molecule has 19 heavy (non-hydrogen) atoms. The molecule has 0 unspecified atom stereocenters. The van der Waals surface area contributed by atoms with E-state index in [0.29, 0.717) is 30.8 Å². The normalized spacial score (nSPS) is 11.1. The van der Waals surface area contributed by atoms with Crippen molar-refractivity contribution in [2.24, 2.45) is 5.14 Å². The number of nitrogens with two attached hydrogens (primary N) is 1. The zero-order chi connectivity index (χ0) is 14.5. The molecule has 0 bridgehead atoms. The number of carbonyl (C=O) groups is 1. The van der Waals surface area contributed by atoms with Crippen LogP contribution in [-0.2, 0) is 14.8 Å². The van der Waals surface area contributed by atoms with E-state index in [-0.39, 0.29) is 10.8 Å². The Balaban J connectivity index is 2.58. The first kappa shape index (κ1) is 15.5. The fourth-order valence-electron chi connectivity index (χ4n) is 1.58. The van der Waals surface area contributed by atoms with E-state index in [2.05, 4.69) is 5.32 Å². The molecule has 0 aromatic heterocycles. The molecule has 106 valence electrons. The van der Waals surface area contributed by atoms with E-state index in [1.54, 1.807) is 26.1 Å². The maximum atomic E-state index is 11.2. The van der Waals surface area contributed by atoms with E-state index >= 15 is 0 Å². The van der Waals surface area contributed by atoms with E-state index < -0.39 is 10.0 Å². The third-order valence-corrected chi connectivity index (χ3v) is 3.62. The van der Waals surface area contributed by atoms with Gasteiger partial charge in [0.15, 0.2) is 0 Å². The standard InChI is InChI=1S/C12H18N2O4S/c1-9-8-10(5-6-11(9)19(13,16)17)18-7-3-4-12(15)14-2/h5-6,8H,3-4,7H2,1-2H3,(H,14,15)(H2,13,16,17). The number of carbonyl (C=O) groups excluding carboxylic acids is 1. The van der Waals surface area contributed by atoms with E-state index in [1.807, 2.05) is 0 Å². The van der Waals surface area contributed by atoms with Crippen molar-refractivity contribution >= 4 is 15.9 Å². The van der Waals surface area contributed by atoms with Gasteiger partial charge in [-0.1, -0.05) is 0 Å². The Labute approximate surface area is 113 Å². The fraction of sp³-hybridized carbons (Fsp3) is 0.417. The Morgan fingerprint density at radius 1 is 1.42 bits per heavy atom. The van der Waals surface area contributed by atoms with Crippen LogP contribution in [-0.4, -0.2) is 28.0 Å². The van der Waals surface area contributed by atoms with Crippen LogP contribution in [0.5, 0.6) is 5.75 Å². The summed E-state index contributed by atoms with van der Waals surface area (Å²) in [6, 6.07) is 4.57.